The fraction of sp³-hybridized carbons (Fsp3) is 0.318. The first kappa shape index (κ1) is 18.6. The lowest BCUT2D eigenvalue weighted by Gasteiger charge is -2.51. The van der Waals surface area contributed by atoms with E-state index in [1.165, 1.54) is 11.1 Å². The topological polar surface area (TPSA) is 77.2 Å². The first-order valence-corrected chi connectivity index (χ1v) is 8.92. The van der Waals surface area contributed by atoms with E-state index in [1.807, 2.05) is 38.1 Å². The minimum Gasteiger partial charge on any atom is -0.394 e. The zero-order valence-electron chi connectivity index (χ0n) is 15.3. The van der Waals surface area contributed by atoms with Gasteiger partial charge in [0.2, 0.25) is 0 Å². The van der Waals surface area contributed by atoms with Crippen molar-refractivity contribution in [1.82, 2.24) is 9.88 Å². The third-order valence-electron chi connectivity index (χ3n) is 4.65. The Morgan fingerprint density at radius 2 is 2.00 bits per heavy atom. The van der Waals surface area contributed by atoms with Crippen LogP contribution in [0, 0.1) is 29.1 Å². The number of hydrogen-bond donors (Lipinski definition) is 1. The summed E-state index contributed by atoms with van der Waals surface area (Å²) in [7, 11) is 0. The van der Waals surface area contributed by atoms with Gasteiger partial charge in [0.15, 0.2) is 0 Å². The van der Waals surface area contributed by atoms with Gasteiger partial charge in [-0.3, -0.25) is 9.78 Å². The van der Waals surface area contributed by atoms with Gasteiger partial charge in [-0.1, -0.05) is 43.9 Å². The lowest BCUT2D eigenvalue weighted by molar-refractivity contribution is -0.00629. The Morgan fingerprint density at radius 1 is 1.26 bits per heavy atom. The molecule has 2 heterocycles. The van der Waals surface area contributed by atoms with Crippen LogP contribution >= 0.6 is 0 Å². The molecule has 136 valence electrons. The zero-order valence-corrected chi connectivity index (χ0v) is 15.3. The molecule has 5 heteroatoms. The fourth-order valence-corrected chi connectivity index (χ4v) is 3.32. The van der Waals surface area contributed by atoms with Crippen LogP contribution in [0.25, 0.3) is 0 Å². The van der Waals surface area contributed by atoms with Crippen molar-refractivity contribution in [3.63, 3.8) is 0 Å². The Hall–Kier alpha value is -3.15. The predicted molar refractivity (Wildman–Crippen MR) is 102 cm³/mol. The highest BCUT2D eigenvalue weighted by atomic mass is 16.3. The van der Waals surface area contributed by atoms with Gasteiger partial charge in [0.05, 0.1) is 18.7 Å². The summed E-state index contributed by atoms with van der Waals surface area (Å²) in [5.74, 6) is 5.95. The molecule has 1 N–H and O–H groups in total. The van der Waals surface area contributed by atoms with E-state index >= 15 is 0 Å². The van der Waals surface area contributed by atoms with Crippen LogP contribution in [0.4, 0.5) is 0 Å². The second-order valence-corrected chi connectivity index (χ2v) is 6.82. The number of aromatic nitrogens is 1. The number of likely N-dealkylation sites (tertiary alicyclic amines) is 1. The van der Waals surface area contributed by atoms with Gasteiger partial charge in [-0.15, -0.1) is 0 Å². The van der Waals surface area contributed by atoms with E-state index in [4.69, 9.17) is 0 Å². The zero-order chi connectivity index (χ0) is 19.4. The van der Waals surface area contributed by atoms with Crippen LogP contribution in [-0.2, 0) is 0 Å². The Morgan fingerprint density at radius 3 is 2.56 bits per heavy atom. The minimum atomic E-state index is -0.635. The molecule has 1 saturated heterocycles. The fourth-order valence-electron chi connectivity index (χ4n) is 3.32. The molecule has 1 aliphatic heterocycles. The average molecular weight is 359 g/mol. The standard InChI is InChI=1S/C22H21N3O2/c1-15(2)6-7-16-8-10-17(11-9-16)21-19(13-23)25(20(21)14-26)22(27)18-5-3-4-12-24-18/h3-5,8-12,15,19-21,26H,14H2,1-2H3/t19-,20+,21+/m1/s1. The van der Waals surface area contributed by atoms with Crippen LogP contribution < -0.4 is 0 Å². The summed E-state index contributed by atoms with van der Waals surface area (Å²) in [6, 6.07) is 13.9. The summed E-state index contributed by atoms with van der Waals surface area (Å²) in [5, 5.41) is 19.5. The first-order valence-electron chi connectivity index (χ1n) is 8.92. The number of aliphatic hydroxyl groups excluding tert-OH is 1. The second-order valence-electron chi connectivity index (χ2n) is 6.82. The van der Waals surface area contributed by atoms with E-state index in [2.05, 4.69) is 22.9 Å². The molecule has 27 heavy (non-hydrogen) atoms. The van der Waals surface area contributed by atoms with E-state index in [9.17, 15) is 15.2 Å². The van der Waals surface area contributed by atoms with Crippen LogP contribution in [0.2, 0.25) is 0 Å². The Bertz CT molecular complexity index is 905. The summed E-state index contributed by atoms with van der Waals surface area (Å²) in [6.07, 6.45) is 1.54. The van der Waals surface area contributed by atoms with E-state index in [0.717, 1.165) is 11.1 Å². The number of amides is 1. The maximum Gasteiger partial charge on any atom is 0.273 e. The molecule has 3 atom stereocenters. The van der Waals surface area contributed by atoms with Crippen molar-refractivity contribution in [3.05, 3.63) is 65.5 Å². The normalized spacial score (nSPS) is 21.0. The molecular formula is C22H21N3O2. The van der Waals surface area contributed by atoms with Crippen molar-refractivity contribution in [2.45, 2.75) is 31.8 Å². The third kappa shape index (κ3) is 3.69. The van der Waals surface area contributed by atoms with Gasteiger partial charge in [-0.2, -0.15) is 5.26 Å². The summed E-state index contributed by atoms with van der Waals surface area (Å²) >= 11 is 0. The van der Waals surface area contributed by atoms with Crippen molar-refractivity contribution in [2.75, 3.05) is 6.61 Å². The number of aliphatic hydroxyl groups is 1. The monoisotopic (exact) mass is 359 g/mol. The Labute approximate surface area is 159 Å². The number of benzene rings is 1. The first-order chi connectivity index (χ1) is 13.1. The highest BCUT2D eigenvalue weighted by molar-refractivity contribution is 5.94. The molecule has 5 nitrogen and oxygen atoms in total. The van der Waals surface area contributed by atoms with Gasteiger partial charge >= 0.3 is 0 Å². The minimum absolute atomic E-state index is 0.212. The molecule has 1 aromatic carbocycles. The van der Waals surface area contributed by atoms with Crippen LogP contribution in [-0.4, -0.2) is 39.6 Å². The lowest BCUT2D eigenvalue weighted by atomic mass is 9.75. The molecule has 0 radical (unpaired) electrons. The molecule has 1 aliphatic rings. The number of hydrogen-bond acceptors (Lipinski definition) is 4. The number of carbonyl (C=O) groups is 1. The average Bonchev–Trinajstić information content (AvgIpc) is 2.67. The van der Waals surface area contributed by atoms with Gasteiger partial charge < -0.3 is 10.0 Å². The number of nitriles is 1. The number of rotatable bonds is 3. The summed E-state index contributed by atoms with van der Waals surface area (Å²) in [6.45, 7) is 3.86. The molecule has 2 aromatic rings. The third-order valence-corrected chi connectivity index (χ3v) is 4.65. The van der Waals surface area contributed by atoms with Gasteiger partial charge in [-0.25, -0.2) is 0 Å². The number of carbonyl (C=O) groups excluding carboxylic acids is 1. The summed E-state index contributed by atoms with van der Waals surface area (Å²) in [4.78, 5) is 18.2. The molecule has 1 aromatic heterocycles. The van der Waals surface area contributed by atoms with E-state index in [0.29, 0.717) is 5.92 Å². The molecule has 0 aliphatic carbocycles. The number of nitrogens with zero attached hydrogens (tertiary/aromatic N) is 3. The van der Waals surface area contributed by atoms with Gasteiger partial charge in [0.25, 0.3) is 5.91 Å². The quantitative estimate of drug-likeness (QED) is 0.855. The van der Waals surface area contributed by atoms with E-state index in [-0.39, 0.29) is 24.1 Å². The second kappa shape index (κ2) is 8.03. The molecule has 1 fully saturated rings. The Balaban J connectivity index is 1.84. The lowest BCUT2D eigenvalue weighted by Crippen LogP contribution is -2.65. The SMILES string of the molecule is CC(C)C#Cc1ccc([C@H]2[C@@H](C#N)N(C(=O)c3ccccn3)[C@H]2CO)cc1. The van der Waals surface area contributed by atoms with Crippen molar-refractivity contribution in [3.8, 4) is 17.9 Å². The van der Waals surface area contributed by atoms with Crippen LogP contribution in [0.15, 0.2) is 48.7 Å². The maximum absolute atomic E-state index is 12.7. The molecule has 0 unspecified atom stereocenters. The number of pyridine rings is 1. The van der Waals surface area contributed by atoms with Crippen molar-refractivity contribution >= 4 is 5.91 Å². The van der Waals surface area contributed by atoms with Crippen LogP contribution in [0.5, 0.6) is 0 Å². The maximum atomic E-state index is 12.7. The smallest absolute Gasteiger partial charge is 0.273 e. The highest BCUT2D eigenvalue weighted by Crippen LogP contribution is 2.41. The molecule has 1 amide bonds. The van der Waals surface area contributed by atoms with Crippen molar-refractivity contribution in [1.29, 1.82) is 5.26 Å². The molecule has 0 bridgehead atoms. The van der Waals surface area contributed by atoms with Crippen LogP contribution in [0.1, 0.15) is 41.4 Å². The van der Waals surface area contributed by atoms with Gasteiger partial charge in [-0.05, 0) is 29.8 Å². The summed E-state index contributed by atoms with van der Waals surface area (Å²) < 4.78 is 0. The van der Waals surface area contributed by atoms with Gasteiger partial charge in [0, 0.05) is 23.6 Å². The summed E-state index contributed by atoms with van der Waals surface area (Å²) in [5.41, 5.74) is 2.09. The van der Waals surface area contributed by atoms with E-state index in [1.54, 1.807) is 18.2 Å². The molecule has 0 saturated carbocycles. The van der Waals surface area contributed by atoms with Crippen LogP contribution in [0.3, 0.4) is 0 Å². The van der Waals surface area contributed by atoms with Gasteiger partial charge in [0.1, 0.15) is 11.7 Å². The van der Waals surface area contributed by atoms with E-state index < -0.39 is 12.1 Å². The predicted octanol–water partition coefficient (Wildman–Crippen LogP) is 2.58. The highest BCUT2D eigenvalue weighted by Gasteiger charge is 2.52. The molecular weight excluding hydrogens is 338 g/mol. The molecule has 3 rings (SSSR count). The molecule has 0 spiro atoms. The Kier molecular flexibility index (Phi) is 5.54. The largest absolute Gasteiger partial charge is 0.394 e. The van der Waals surface area contributed by atoms with Crippen molar-refractivity contribution < 1.29 is 9.90 Å². The van der Waals surface area contributed by atoms with Crippen molar-refractivity contribution in [2.24, 2.45) is 5.92 Å².